The first-order chi connectivity index (χ1) is 12.8. The number of guanidine groups is 1. The van der Waals surface area contributed by atoms with Crippen LogP contribution in [0.2, 0.25) is 0 Å². The molecule has 2 saturated heterocycles. The third-order valence-electron chi connectivity index (χ3n) is 5.69. The lowest BCUT2D eigenvalue weighted by molar-refractivity contribution is 0.188. The first-order valence-corrected chi connectivity index (χ1v) is 11.2. The number of likely N-dealkylation sites (tertiary alicyclic amines) is 1. The van der Waals surface area contributed by atoms with E-state index in [4.69, 9.17) is 4.99 Å². The number of aliphatic imine (C=N–C) groups is 1. The maximum absolute atomic E-state index is 4.96. The number of rotatable bonds is 6. The van der Waals surface area contributed by atoms with Gasteiger partial charge in [0.25, 0.3) is 0 Å². The van der Waals surface area contributed by atoms with Crippen molar-refractivity contribution in [1.82, 2.24) is 15.1 Å². The predicted octanol–water partition coefficient (Wildman–Crippen LogP) is 3.58. The van der Waals surface area contributed by atoms with Gasteiger partial charge in [-0.3, -0.25) is 4.99 Å². The van der Waals surface area contributed by atoms with Gasteiger partial charge in [-0.05, 0) is 69.3 Å². The normalized spacial score (nSPS) is 19.9. The molecule has 154 valence electrons. The summed E-state index contributed by atoms with van der Waals surface area (Å²) in [7, 11) is 0. The fourth-order valence-electron chi connectivity index (χ4n) is 3.96. The largest absolute Gasteiger partial charge is 0.360 e. The molecule has 0 spiro atoms. The number of hydrogen-bond acceptors (Lipinski definition) is 4. The smallest absolute Gasteiger partial charge is 0.194 e. The second-order valence-corrected chi connectivity index (χ2v) is 8.25. The monoisotopic (exact) mass is 505 g/mol. The van der Waals surface area contributed by atoms with Crippen LogP contribution in [0.1, 0.15) is 33.1 Å². The quantitative estimate of drug-likeness (QED) is 0.364. The molecule has 1 aromatic heterocycles. The summed E-state index contributed by atoms with van der Waals surface area (Å²) in [5, 5.41) is 7.07. The molecule has 27 heavy (non-hydrogen) atoms. The second kappa shape index (κ2) is 12.1. The number of anilines is 1. The van der Waals surface area contributed by atoms with Gasteiger partial charge in [-0.1, -0.05) is 6.92 Å². The van der Waals surface area contributed by atoms with Crippen LogP contribution in [0, 0.1) is 5.92 Å². The number of nitrogens with one attached hydrogen (secondary N) is 1. The lowest BCUT2D eigenvalue weighted by Gasteiger charge is -2.37. The molecule has 0 radical (unpaired) electrons. The second-order valence-electron chi connectivity index (χ2n) is 7.33. The molecule has 0 unspecified atom stereocenters. The van der Waals surface area contributed by atoms with Crippen molar-refractivity contribution >= 4 is 46.3 Å². The first-order valence-electron chi connectivity index (χ1n) is 10.3. The van der Waals surface area contributed by atoms with E-state index in [0.717, 1.165) is 51.1 Å². The number of thiophene rings is 1. The van der Waals surface area contributed by atoms with E-state index in [2.05, 4.69) is 51.4 Å². The van der Waals surface area contributed by atoms with E-state index < -0.39 is 0 Å². The molecule has 1 N–H and O–H groups in total. The van der Waals surface area contributed by atoms with Crippen molar-refractivity contribution in [3.05, 3.63) is 17.5 Å². The van der Waals surface area contributed by atoms with Crippen LogP contribution in [-0.4, -0.2) is 74.7 Å². The Morgan fingerprint density at radius 2 is 1.89 bits per heavy atom. The summed E-state index contributed by atoms with van der Waals surface area (Å²) in [6.07, 6.45) is 3.93. The zero-order chi connectivity index (χ0) is 18.2. The van der Waals surface area contributed by atoms with Gasteiger partial charge in [0.2, 0.25) is 0 Å². The van der Waals surface area contributed by atoms with Crippen molar-refractivity contribution in [2.75, 3.05) is 63.8 Å². The third-order valence-corrected chi connectivity index (χ3v) is 6.61. The van der Waals surface area contributed by atoms with Crippen LogP contribution in [0.5, 0.6) is 0 Å². The number of nitrogens with zero attached hydrogens (tertiary/aromatic N) is 4. The molecule has 0 aromatic carbocycles. The van der Waals surface area contributed by atoms with E-state index >= 15 is 0 Å². The maximum Gasteiger partial charge on any atom is 0.194 e. The van der Waals surface area contributed by atoms with Gasteiger partial charge in [0.15, 0.2) is 5.96 Å². The van der Waals surface area contributed by atoms with Crippen LogP contribution >= 0.6 is 35.3 Å². The van der Waals surface area contributed by atoms with Gasteiger partial charge < -0.3 is 20.0 Å². The van der Waals surface area contributed by atoms with Gasteiger partial charge in [-0.25, -0.2) is 0 Å². The van der Waals surface area contributed by atoms with Crippen LogP contribution in [0.15, 0.2) is 22.5 Å². The van der Waals surface area contributed by atoms with E-state index in [1.807, 2.05) is 11.3 Å². The zero-order valence-corrected chi connectivity index (χ0v) is 20.0. The molecule has 0 aliphatic carbocycles. The highest BCUT2D eigenvalue weighted by atomic mass is 127. The van der Waals surface area contributed by atoms with Crippen molar-refractivity contribution in [2.24, 2.45) is 10.9 Å². The lowest BCUT2D eigenvalue weighted by atomic mass is 9.94. The van der Waals surface area contributed by atoms with Crippen molar-refractivity contribution in [2.45, 2.75) is 33.1 Å². The highest BCUT2D eigenvalue weighted by Crippen LogP contribution is 2.23. The van der Waals surface area contributed by atoms with Gasteiger partial charge in [0.1, 0.15) is 0 Å². The Morgan fingerprint density at radius 3 is 2.48 bits per heavy atom. The molecule has 2 aliphatic heterocycles. The van der Waals surface area contributed by atoms with E-state index in [9.17, 15) is 0 Å². The van der Waals surface area contributed by atoms with Crippen LogP contribution in [0.3, 0.4) is 0 Å². The van der Waals surface area contributed by atoms with Crippen LogP contribution in [-0.2, 0) is 0 Å². The van der Waals surface area contributed by atoms with Crippen molar-refractivity contribution in [1.29, 1.82) is 0 Å². The maximum atomic E-state index is 4.96. The summed E-state index contributed by atoms with van der Waals surface area (Å²) in [6.45, 7) is 14.4. The zero-order valence-electron chi connectivity index (χ0n) is 16.9. The summed E-state index contributed by atoms with van der Waals surface area (Å²) in [4.78, 5) is 12.5. The summed E-state index contributed by atoms with van der Waals surface area (Å²) < 4.78 is 0. The van der Waals surface area contributed by atoms with Crippen molar-refractivity contribution in [3.63, 3.8) is 0 Å². The molecular weight excluding hydrogens is 469 g/mol. The van der Waals surface area contributed by atoms with Gasteiger partial charge in [0.05, 0.1) is 5.00 Å². The van der Waals surface area contributed by atoms with Crippen molar-refractivity contribution < 1.29 is 0 Å². The molecule has 7 heteroatoms. The number of piperazine rings is 1. The summed E-state index contributed by atoms with van der Waals surface area (Å²) in [6, 6.07) is 4.37. The Hall–Kier alpha value is -0.540. The Kier molecular flexibility index (Phi) is 10.2. The van der Waals surface area contributed by atoms with E-state index in [1.165, 1.54) is 43.9 Å². The molecule has 5 nitrogen and oxygen atoms in total. The molecular formula is C20H36IN5S. The highest BCUT2D eigenvalue weighted by molar-refractivity contribution is 14.0. The highest BCUT2D eigenvalue weighted by Gasteiger charge is 2.21. The van der Waals surface area contributed by atoms with Crippen LogP contribution < -0.4 is 10.2 Å². The summed E-state index contributed by atoms with van der Waals surface area (Å²) >= 11 is 1.84. The number of halogens is 1. The Labute approximate surface area is 186 Å². The molecule has 1 aromatic rings. The molecule has 3 heterocycles. The minimum Gasteiger partial charge on any atom is -0.360 e. The minimum atomic E-state index is 0. The van der Waals surface area contributed by atoms with Crippen LogP contribution in [0.4, 0.5) is 5.00 Å². The molecule has 2 fully saturated rings. The molecule has 2 aliphatic rings. The fraction of sp³-hybridized carbons (Fsp3) is 0.750. The number of piperidine rings is 1. The predicted molar refractivity (Wildman–Crippen MR) is 129 cm³/mol. The van der Waals surface area contributed by atoms with Gasteiger partial charge in [0, 0.05) is 39.3 Å². The first kappa shape index (κ1) is 22.7. The van der Waals surface area contributed by atoms with Gasteiger partial charge in [-0.2, -0.15) is 0 Å². The van der Waals surface area contributed by atoms with E-state index in [1.54, 1.807) is 0 Å². The Balaban J connectivity index is 0.00000261. The average molecular weight is 506 g/mol. The van der Waals surface area contributed by atoms with Gasteiger partial charge >= 0.3 is 0 Å². The standard InChI is InChI=1S/C20H35N5S.HI/c1-3-21-20(22-10-7-18-8-11-23(4-2)12-9-18)25-15-13-24(14-16-25)19-6-5-17-26-19;/h5-6,17-18H,3-4,7-16H2,1-2H3,(H,21,22);1H. The van der Waals surface area contributed by atoms with Crippen LogP contribution in [0.25, 0.3) is 0 Å². The molecule has 0 saturated carbocycles. The molecule has 0 atom stereocenters. The molecule has 0 amide bonds. The topological polar surface area (TPSA) is 34.1 Å². The average Bonchev–Trinajstić information content (AvgIpc) is 3.23. The van der Waals surface area contributed by atoms with E-state index in [0.29, 0.717) is 0 Å². The van der Waals surface area contributed by atoms with E-state index in [-0.39, 0.29) is 24.0 Å². The summed E-state index contributed by atoms with van der Waals surface area (Å²) in [5.74, 6) is 1.98. The molecule has 0 bridgehead atoms. The Bertz CT molecular complexity index is 535. The third kappa shape index (κ3) is 6.78. The fourth-order valence-corrected chi connectivity index (χ4v) is 4.74. The lowest BCUT2D eigenvalue weighted by Crippen LogP contribution is -2.52. The van der Waals surface area contributed by atoms with Crippen molar-refractivity contribution in [3.8, 4) is 0 Å². The number of hydrogen-bond donors (Lipinski definition) is 1. The minimum absolute atomic E-state index is 0. The van der Waals surface area contributed by atoms with Gasteiger partial charge in [-0.15, -0.1) is 35.3 Å². The molecule has 3 rings (SSSR count). The SMILES string of the molecule is CCNC(=NCCC1CCN(CC)CC1)N1CCN(c2cccs2)CC1.I. The summed E-state index contributed by atoms with van der Waals surface area (Å²) in [5.41, 5.74) is 0. The Morgan fingerprint density at radius 1 is 1.15 bits per heavy atom.